The smallest absolute Gasteiger partial charge is 0.357 e. The van der Waals surface area contributed by atoms with Crippen molar-refractivity contribution in [2.45, 2.75) is 44.8 Å². The molecule has 0 aliphatic carbocycles. The quantitative estimate of drug-likeness (QED) is 0.502. The van der Waals surface area contributed by atoms with Crippen molar-refractivity contribution in [2.24, 2.45) is 0 Å². The lowest BCUT2D eigenvalue weighted by atomic mass is 10.0. The predicted molar refractivity (Wildman–Crippen MR) is 75.3 cm³/mol. The third-order valence-electron chi connectivity index (χ3n) is 3.10. The second-order valence-corrected chi connectivity index (χ2v) is 4.80. The number of carboxylic acids is 1. The number of amides is 1. The highest BCUT2D eigenvalue weighted by Crippen LogP contribution is 2.15. The lowest BCUT2D eigenvalue weighted by Crippen LogP contribution is -2.54. The van der Waals surface area contributed by atoms with E-state index in [-0.39, 0.29) is 6.42 Å². The van der Waals surface area contributed by atoms with E-state index in [1.165, 1.54) is 0 Å². The second kappa shape index (κ2) is 7.65. The van der Waals surface area contributed by atoms with Gasteiger partial charge < -0.3 is 15.5 Å². The molecule has 0 saturated heterocycles. The Bertz CT molecular complexity index is 446. The molecule has 0 aromatic heterocycles. The van der Waals surface area contributed by atoms with Crippen molar-refractivity contribution in [2.75, 3.05) is 0 Å². The van der Waals surface area contributed by atoms with Gasteiger partial charge in [-0.3, -0.25) is 4.79 Å². The molecule has 5 nitrogen and oxygen atoms in total. The number of aliphatic hydroxyl groups is 1. The summed E-state index contributed by atoms with van der Waals surface area (Å²) in [5, 5.41) is 21.4. The van der Waals surface area contributed by atoms with Crippen molar-refractivity contribution in [1.82, 2.24) is 5.32 Å². The Kier molecular flexibility index (Phi) is 6.18. The molecule has 20 heavy (non-hydrogen) atoms. The lowest BCUT2D eigenvalue weighted by molar-refractivity contribution is -0.162. The van der Waals surface area contributed by atoms with E-state index in [0.29, 0.717) is 12.0 Å². The third kappa shape index (κ3) is 4.66. The molecule has 0 aliphatic rings. The van der Waals surface area contributed by atoms with Crippen LogP contribution in [0.1, 0.15) is 49.4 Å². The first-order valence-corrected chi connectivity index (χ1v) is 6.83. The summed E-state index contributed by atoms with van der Waals surface area (Å²) >= 11 is 0. The van der Waals surface area contributed by atoms with Gasteiger partial charge in [-0.1, -0.05) is 44.4 Å². The number of aliphatic carboxylic acids is 1. The summed E-state index contributed by atoms with van der Waals surface area (Å²) in [6, 6.07) is 8.24. The summed E-state index contributed by atoms with van der Waals surface area (Å²) in [6.07, 6.45) is 3.37. The van der Waals surface area contributed by atoms with E-state index in [1.807, 2.05) is 6.92 Å². The Morgan fingerprint density at radius 1 is 1.15 bits per heavy atom. The number of hydrogen-bond donors (Lipinski definition) is 3. The zero-order valence-electron chi connectivity index (χ0n) is 11.6. The van der Waals surface area contributed by atoms with Crippen LogP contribution in [0.25, 0.3) is 0 Å². The molecule has 3 N–H and O–H groups in total. The van der Waals surface area contributed by atoms with Crippen LogP contribution in [0.15, 0.2) is 30.3 Å². The van der Waals surface area contributed by atoms with Crippen LogP contribution in [0.3, 0.4) is 0 Å². The minimum Gasteiger partial charge on any atom is -0.478 e. The van der Waals surface area contributed by atoms with Gasteiger partial charge in [-0.05, 0) is 18.6 Å². The number of carboxylic acid groups (broad SMARTS) is 1. The van der Waals surface area contributed by atoms with E-state index in [2.05, 4.69) is 5.32 Å². The molecule has 0 fully saturated rings. The summed E-state index contributed by atoms with van der Waals surface area (Å²) < 4.78 is 0. The Morgan fingerprint density at radius 2 is 1.80 bits per heavy atom. The minimum absolute atomic E-state index is 0.000900. The van der Waals surface area contributed by atoms with E-state index in [4.69, 9.17) is 5.11 Å². The Labute approximate surface area is 118 Å². The summed E-state index contributed by atoms with van der Waals surface area (Å²) in [5.41, 5.74) is -1.89. The Morgan fingerprint density at radius 3 is 2.35 bits per heavy atom. The first-order valence-electron chi connectivity index (χ1n) is 6.83. The van der Waals surface area contributed by atoms with Gasteiger partial charge in [0.1, 0.15) is 0 Å². The molecule has 0 radical (unpaired) electrons. The highest BCUT2D eigenvalue weighted by molar-refractivity contribution is 5.97. The van der Waals surface area contributed by atoms with Crippen LogP contribution in [0.2, 0.25) is 0 Å². The molecule has 1 unspecified atom stereocenters. The fourth-order valence-electron chi connectivity index (χ4n) is 1.88. The van der Waals surface area contributed by atoms with Gasteiger partial charge in [-0.25, -0.2) is 4.79 Å². The van der Waals surface area contributed by atoms with Gasteiger partial charge in [0.25, 0.3) is 5.91 Å². The molecular weight excluding hydrogens is 258 g/mol. The molecule has 0 spiro atoms. The summed E-state index contributed by atoms with van der Waals surface area (Å²) in [4.78, 5) is 23.1. The summed E-state index contributed by atoms with van der Waals surface area (Å²) in [5.74, 6) is -2.02. The number of hydrogen-bond acceptors (Lipinski definition) is 3. The van der Waals surface area contributed by atoms with Crippen LogP contribution in [0.5, 0.6) is 0 Å². The molecule has 110 valence electrons. The maximum Gasteiger partial charge on any atom is 0.357 e. The summed E-state index contributed by atoms with van der Waals surface area (Å²) in [7, 11) is 0. The summed E-state index contributed by atoms with van der Waals surface area (Å²) in [6.45, 7) is 2.04. The maximum atomic E-state index is 11.9. The van der Waals surface area contributed by atoms with Gasteiger partial charge in [0.2, 0.25) is 5.72 Å². The molecular formula is C15H21NO4. The van der Waals surface area contributed by atoms with Crippen molar-refractivity contribution >= 4 is 11.9 Å². The fourth-order valence-corrected chi connectivity index (χ4v) is 1.88. The molecule has 0 aliphatic heterocycles. The first-order chi connectivity index (χ1) is 9.49. The van der Waals surface area contributed by atoms with Gasteiger partial charge in [0.15, 0.2) is 0 Å². The van der Waals surface area contributed by atoms with Crippen LogP contribution in [-0.4, -0.2) is 27.8 Å². The first kappa shape index (κ1) is 16.2. The third-order valence-corrected chi connectivity index (χ3v) is 3.10. The molecule has 1 atom stereocenters. The van der Waals surface area contributed by atoms with Crippen LogP contribution in [-0.2, 0) is 4.79 Å². The van der Waals surface area contributed by atoms with Gasteiger partial charge in [-0.2, -0.15) is 0 Å². The Hall–Kier alpha value is -1.88. The Balaban J connectivity index is 2.66. The number of benzene rings is 1. The molecule has 0 saturated carbocycles. The maximum absolute atomic E-state index is 11.9. The van der Waals surface area contributed by atoms with Crippen LogP contribution in [0, 0.1) is 0 Å². The molecule has 1 amide bonds. The van der Waals surface area contributed by atoms with E-state index in [1.54, 1.807) is 30.3 Å². The van der Waals surface area contributed by atoms with Gasteiger partial charge in [-0.15, -0.1) is 0 Å². The second-order valence-electron chi connectivity index (χ2n) is 4.80. The molecule has 1 rings (SSSR count). The number of carbonyl (C=O) groups excluding carboxylic acids is 1. The largest absolute Gasteiger partial charge is 0.478 e. The van der Waals surface area contributed by atoms with Gasteiger partial charge >= 0.3 is 5.97 Å². The van der Waals surface area contributed by atoms with E-state index in [9.17, 15) is 14.7 Å². The zero-order chi connectivity index (χ0) is 15.0. The van der Waals surface area contributed by atoms with Crippen LogP contribution < -0.4 is 5.32 Å². The molecule has 1 aromatic rings. The molecule has 5 heteroatoms. The van der Waals surface area contributed by atoms with E-state index < -0.39 is 17.6 Å². The topological polar surface area (TPSA) is 86.6 Å². The van der Waals surface area contributed by atoms with Crippen LogP contribution in [0.4, 0.5) is 0 Å². The predicted octanol–water partition coefficient (Wildman–Crippen LogP) is 2.16. The average Bonchev–Trinajstić information content (AvgIpc) is 2.44. The van der Waals surface area contributed by atoms with Crippen molar-refractivity contribution < 1.29 is 19.8 Å². The number of rotatable bonds is 8. The molecule has 0 bridgehead atoms. The van der Waals surface area contributed by atoms with Crippen molar-refractivity contribution in [1.29, 1.82) is 0 Å². The highest BCUT2D eigenvalue weighted by atomic mass is 16.4. The number of nitrogens with one attached hydrogen (secondary N) is 1. The normalized spacial score (nSPS) is 13.5. The zero-order valence-corrected chi connectivity index (χ0v) is 11.6. The van der Waals surface area contributed by atoms with Crippen molar-refractivity contribution in [3.05, 3.63) is 35.9 Å². The molecule has 0 heterocycles. The minimum atomic E-state index is -2.21. The monoisotopic (exact) mass is 279 g/mol. The van der Waals surface area contributed by atoms with Gasteiger partial charge in [0.05, 0.1) is 0 Å². The lowest BCUT2D eigenvalue weighted by Gasteiger charge is -2.24. The van der Waals surface area contributed by atoms with Gasteiger partial charge in [0, 0.05) is 12.0 Å². The van der Waals surface area contributed by atoms with Crippen molar-refractivity contribution in [3.63, 3.8) is 0 Å². The molecule has 1 aromatic carbocycles. The SMILES string of the molecule is CCCCCCC(O)(NC(=O)c1ccccc1)C(=O)O. The van der Waals surface area contributed by atoms with Crippen molar-refractivity contribution in [3.8, 4) is 0 Å². The van der Waals surface area contributed by atoms with E-state index in [0.717, 1.165) is 19.3 Å². The standard InChI is InChI=1S/C15H21NO4/c1-2-3-4-8-11-15(20,14(18)19)16-13(17)12-9-6-5-7-10-12/h5-7,9-10,20H,2-4,8,11H2,1H3,(H,16,17)(H,18,19). The fraction of sp³-hybridized carbons (Fsp3) is 0.467. The number of unbranched alkanes of at least 4 members (excludes halogenated alkanes) is 3. The van der Waals surface area contributed by atoms with Crippen LogP contribution >= 0.6 is 0 Å². The van der Waals surface area contributed by atoms with E-state index >= 15 is 0 Å². The highest BCUT2D eigenvalue weighted by Gasteiger charge is 2.37. The number of carbonyl (C=O) groups is 2. The average molecular weight is 279 g/mol.